The van der Waals surface area contributed by atoms with Gasteiger partial charge in [0.1, 0.15) is 5.75 Å². The molecule has 0 aliphatic rings. The van der Waals surface area contributed by atoms with E-state index in [9.17, 15) is 4.79 Å². The summed E-state index contributed by atoms with van der Waals surface area (Å²) in [6, 6.07) is 11.8. The highest BCUT2D eigenvalue weighted by atomic mass is 16.5. The molecule has 2 nitrogen and oxygen atoms in total. The normalized spacial score (nSPS) is 10.4. The van der Waals surface area contributed by atoms with E-state index in [4.69, 9.17) is 4.74 Å². The molecule has 2 heteroatoms. The van der Waals surface area contributed by atoms with Crippen molar-refractivity contribution in [3.63, 3.8) is 0 Å². The van der Waals surface area contributed by atoms with Gasteiger partial charge >= 0.3 is 0 Å². The molecule has 0 saturated carbocycles. The summed E-state index contributed by atoms with van der Waals surface area (Å²) in [5, 5.41) is 0. The molecule has 0 heterocycles. The van der Waals surface area contributed by atoms with E-state index in [1.165, 1.54) is 5.56 Å². The number of rotatable bonds is 4. The van der Waals surface area contributed by atoms with Gasteiger partial charge in [-0.15, -0.1) is 0 Å². The molecule has 0 radical (unpaired) electrons. The van der Waals surface area contributed by atoms with Gasteiger partial charge in [-0.1, -0.05) is 35.9 Å². The predicted molar refractivity (Wildman–Crippen MR) is 81.7 cm³/mol. The highest BCUT2D eigenvalue weighted by molar-refractivity contribution is 5.98. The van der Waals surface area contributed by atoms with E-state index in [0.29, 0.717) is 12.0 Å². The highest BCUT2D eigenvalue weighted by Crippen LogP contribution is 2.21. The smallest absolute Gasteiger partial charge is 0.167 e. The minimum atomic E-state index is 0.122. The summed E-state index contributed by atoms with van der Waals surface area (Å²) < 4.78 is 5.28. The number of hydrogen-bond donors (Lipinski definition) is 0. The molecule has 2 aromatic rings. The van der Waals surface area contributed by atoms with Crippen LogP contribution in [0.3, 0.4) is 0 Å². The van der Waals surface area contributed by atoms with Crippen LogP contribution in [-0.4, -0.2) is 12.9 Å². The van der Waals surface area contributed by atoms with Crippen molar-refractivity contribution in [3.8, 4) is 5.75 Å². The number of ether oxygens (including phenoxy) is 1. The van der Waals surface area contributed by atoms with Gasteiger partial charge in [0, 0.05) is 12.0 Å². The highest BCUT2D eigenvalue weighted by Gasteiger charge is 2.11. The van der Waals surface area contributed by atoms with Crippen LogP contribution in [0.25, 0.3) is 0 Å². The Hall–Kier alpha value is -2.09. The molecule has 0 atom stereocenters. The summed E-state index contributed by atoms with van der Waals surface area (Å²) in [5.41, 5.74) is 5.17. The lowest BCUT2D eigenvalue weighted by Gasteiger charge is -2.09. The molecule has 0 amide bonds. The molecule has 2 aromatic carbocycles. The summed E-state index contributed by atoms with van der Waals surface area (Å²) in [6.07, 6.45) is 0.430. The maximum atomic E-state index is 12.4. The van der Waals surface area contributed by atoms with Crippen molar-refractivity contribution in [2.75, 3.05) is 7.11 Å². The number of benzene rings is 2. The summed E-state index contributed by atoms with van der Waals surface area (Å²) in [5.74, 6) is 0.883. The number of carbonyl (C=O) groups excluding carboxylic acids is 1. The third-order valence-electron chi connectivity index (χ3n) is 3.59. The van der Waals surface area contributed by atoms with Crippen LogP contribution < -0.4 is 4.74 Å². The van der Waals surface area contributed by atoms with Gasteiger partial charge in [0.15, 0.2) is 5.78 Å². The molecule has 0 aliphatic heterocycles. The summed E-state index contributed by atoms with van der Waals surface area (Å²) in [6.45, 7) is 6.05. The molecular weight excluding hydrogens is 248 g/mol. The lowest BCUT2D eigenvalue weighted by Crippen LogP contribution is -2.06. The summed E-state index contributed by atoms with van der Waals surface area (Å²) >= 11 is 0. The Labute approximate surface area is 120 Å². The Morgan fingerprint density at radius 2 is 1.70 bits per heavy atom. The van der Waals surface area contributed by atoms with Crippen molar-refractivity contribution < 1.29 is 9.53 Å². The first-order valence-corrected chi connectivity index (χ1v) is 6.75. The van der Waals surface area contributed by atoms with Gasteiger partial charge in [0.2, 0.25) is 0 Å². The van der Waals surface area contributed by atoms with Gasteiger partial charge in [-0.2, -0.15) is 0 Å². The molecule has 0 saturated heterocycles. The first-order chi connectivity index (χ1) is 9.51. The van der Waals surface area contributed by atoms with Crippen LogP contribution in [0.1, 0.15) is 32.6 Å². The second-order valence-electron chi connectivity index (χ2n) is 5.21. The van der Waals surface area contributed by atoms with Gasteiger partial charge < -0.3 is 4.74 Å². The number of methoxy groups -OCH3 is 1. The molecule has 0 spiro atoms. The molecule has 0 aromatic heterocycles. The third-order valence-corrected chi connectivity index (χ3v) is 3.59. The lowest BCUT2D eigenvalue weighted by molar-refractivity contribution is 0.0992. The Balaban J connectivity index is 2.26. The molecule has 20 heavy (non-hydrogen) atoms. The second-order valence-corrected chi connectivity index (χ2v) is 5.21. The van der Waals surface area contributed by atoms with E-state index in [-0.39, 0.29) is 5.78 Å². The third kappa shape index (κ3) is 3.08. The van der Waals surface area contributed by atoms with E-state index in [0.717, 1.165) is 22.4 Å². The SMILES string of the molecule is COc1cc(C(=O)Cc2cc(C)ccc2C)ccc1C. The van der Waals surface area contributed by atoms with E-state index < -0.39 is 0 Å². The molecule has 0 unspecified atom stereocenters. The van der Waals surface area contributed by atoms with Crippen LogP contribution in [0, 0.1) is 20.8 Å². The second kappa shape index (κ2) is 5.91. The molecular formula is C18H20O2. The fraction of sp³-hybridized carbons (Fsp3) is 0.278. The Bertz CT molecular complexity index is 642. The maximum Gasteiger partial charge on any atom is 0.167 e. The van der Waals surface area contributed by atoms with Gasteiger partial charge in [0.05, 0.1) is 7.11 Å². The van der Waals surface area contributed by atoms with E-state index in [1.807, 2.05) is 39.0 Å². The largest absolute Gasteiger partial charge is 0.496 e. The zero-order valence-corrected chi connectivity index (χ0v) is 12.5. The number of ketones is 1. The van der Waals surface area contributed by atoms with E-state index in [2.05, 4.69) is 18.2 Å². The minimum Gasteiger partial charge on any atom is -0.496 e. The molecule has 0 bridgehead atoms. The zero-order chi connectivity index (χ0) is 14.7. The van der Waals surface area contributed by atoms with Crippen LogP contribution in [-0.2, 0) is 6.42 Å². The quantitative estimate of drug-likeness (QED) is 0.782. The monoisotopic (exact) mass is 268 g/mol. The van der Waals surface area contributed by atoms with E-state index in [1.54, 1.807) is 7.11 Å². The fourth-order valence-corrected chi connectivity index (χ4v) is 2.26. The van der Waals surface area contributed by atoms with Crippen LogP contribution in [0.5, 0.6) is 5.75 Å². The van der Waals surface area contributed by atoms with Crippen LogP contribution >= 0.6 is 0 Å². The zero-order valence-electron chi connectivity index (χ0n) is 12.5. The Kier molecular flexibility index (Phi) is 4.23. The average molecular weight is 268 g/mol. The van der Waals surface area contributed by atoms with Crippen LogP contribution in [0.2, 0.25) is 0 Å². The predicted octanol–water partition coefficient (Wildman–Crippen LogP) is 4.05. The van der Waals surface area contributed by atoms with Crippen molar-refractivity contribution in [3.05, 3.63) is 64.2 Å². The van der Waals surface area contributed by atoms with Crippen molar-refractivity contribution in [2.24, 2.45) is 0 Å². The van der Waals surface area contributed by atoms with Crippen LogP contribution in [0.15, 0.2) is 36.4 Å². The van der Waals surface area contributed by atoms with Gasteiger partial charge in [-0.25, -0.2) is 0 Å². The van der Waals surface area contributed by atoms with E-state index >= 15 is 0 Å². The first-order valence-electron chi connectivity index (χ1n) is 6.75. The lowest BCUT2D eigenvalue weighted by atomic mass is 9.97. The summed E-state index contributed by atoms with van der Waals surface area (Å²) in [4.78, 5) is 12.4. The average Bonchev–Trinajstić information content (AvgIpc) is 2.43. The van der Waals surface area contributed by atoms with Gasteiger partial charge in [-0.05, 0) is 43.5 Å². The van der Waals surface area contributed by atoms with Crippen molar-refractivity contribution in [2.45, 2.75) is 27.2 Å². The fourth-order valence-electron chi connectivity index (χ4n) is 2.26. The van der Waals surface area contributed by atoms with Crippen molar-refractivity contribution in [1.82, 2.24) is 0 Å². The maximum absolute atomic E-state index is 12.4. The molecule has 2 rings (SSSR count). The van der Waals surface area contributed by atoms with Crippen LogP contribution in [0.4, 0.5) is 0 Å². The molecule has 0 fully saturated rings. The Morgan fingerprint density at radius 1 is 1.00 bits per heavy atom. The van der Waals surface area contributed by atoms with Crippen molar-refractivity contribution >= 4 is 5.78 Å². The van der Waals surface area contributed by atoms with Gasteiger partial charge in [-0.3, -0.25) is 4.79 Å². The minimum absolute atomic E-state index is 0.122. The summed E-state index contributed by atoms with van der Waals surface area (Å²) in [7, 11) is 1.63. The molecule has 0 aliphatic carbocycles. The topological polar surface area (TPSA) is 26.3 Å². The Morgan fingerprint density at radius 3 is 2.40 bits per heavy atom. The number of carbonyl (C=O) groups is 1. The first kappa shape index (κ1) is 14.3. The van der Waals surface area contributed by atoms with Crippen molar-refractivity contribution in [1.29, 1.82) is 0 Å². The molecule has 104 valence electrons. The standard InChI is InChI=1S/C18H20O2/c1-12-5-6-13(2)16(9-12)10-17(19)15-8-7-14(3)18(11-15)20-4/h5-9,11H,10H2,1-4H3. The number of aryl methyl sites for hydroxylation is 3. The number of hydrogen-bond acceptors (Lipinski definition) is 2. The number of Topliss-reactive ketones (excluding diaryl/α,β-unsaturated/α-hetero) is 1. The van der Waals surface area contributed by atoms with Gasteiger partial charge in [0.25, 0.3) is 0 Å². The molecule has 0 N–H and O–H groups in total.